The molecular weight excluding hydrogens is 314 g/mol. The van der Waals surface area contributed by atoms with Gasteiger partial charge in [-0.05, 0) is 37.0 Å². The van der Waals surface area contributed by atoms with Crippen LogP contribution >= 0.6 is 0 Å². The third-order valence-corrected chi connectivity index (χ3v) is 4.95. The van der Waals surface area contributed by atoms with E-state index in [2.05, 4.69) is 0 Å². The lowest BCUT2D eigenvalue weighted by molar-refractivity contribution is 0.0526. The Bertz CT molecular complexity index is 613. The number of esters is 1. The van der Waals surface area contributed by atoms with Crippen LogP contribution in [0.25, 0.3) is 0 Å². The first kappa shape index (κ1) is 19.6. The Labute approximate surface area is 139 Å². The number of hydrogen-bond donors (Lipinski definition) is 0. The summed E-state index contributed by atoms with van der Waals surface area (Å²) in [5.74, 6) is -0.0719. The van der Waals surface area contributed by atoms with Gasteiger partial charge in [0, 0.05) is 13.1 Å². The van der Waals surface area contributed by atoms with E-state index in [9.17, 15) is 13.2 Å². The highest BCUT2D eigenvalue weighted by Gasteiger charge is 2.26. The molecule has 23 heavy (non-hydrogen) atoms. The molecule has 0 aliphatic rings. The van der Waals surface area contributed by atoms with Crippen LogP contribution in [-0.2, 0) is 14.8 Å². The van der Waals surface area contributed by atoms with Gasteiger partial charge in [-0.2, -0.15) is 4.31 Å². The Morgan fingerprint density at radius 1 is 1.13 bits per heavy atom. The van der Waals surface area contributed by atoms with Crippen LogP contribution in [0, 0.1) is 11.8 Å². The normalized spacial score (nSPS) is 12.2. The lowest BCUT2D eigenvalue weighted by atomic mass is 10.2. The summed E-state index contributed by atoms with van der Waals surface area (Å²) in [4.78, 5) is 11.9. The summed E-state index contributed by atoms with van der Waals surface area (Å²) in [6, 6.07) is 6.04. The van der Waals surface area contributed by atoms with Crippen molar-refractivity contribution in [3.63, 3.8) is 0 Å². The number of ether oxygens (including phenoxy) is 1. The van der Waals surface area contributed by atoms with Crippen LogP contribution in [0.3, 0.4) is 0 Å². The first-order valence-corrected chi connectivity index (χ1v) is 9.39. The van der Waals surface area contributed by atoms with E-state index in [4.69, 9.17) is 4.74 Å². The SMILES string of the molecule is CCOC(=O)c1cccc(S(=O)(=O)N(CC(C)C)CC(C)C)c1. The van der Waals surface area contributed by atoms with Crippen LogP contribution < -0.4 is 0 Å². The van der Waals surface area contributed by atoms with E-state index >= 15 is 0 Å². The van der Waals surface area contributed by atoms with Gasteiger partial charge in [0.2, 0.25) is 10.0 Å². The molecule has 0 heterocycles. The van der Waals surface area contributed by atoms with Gasteiger partial charge in [-0.1, -0.05) is 33.8 Å². The molecule has 0 aliphatic carbocycles. The number of rotatable bonds is 8. The van der Waals surface area contributed by atoms with Crippen molar-refractivity contribution in [3.8, 4) is 0 Å². The van der Waals surface area contributed by atoms with Crippen molar-refractivity contribution in [1.82, 2.24) is 4.31 Å². The van der Waals surface area contributed by atoms with Crippen LogP contribution in [0.1, 0.15) is 45.0 Å². The van der Waals surface area contributed by atoms with Gasteiger partial charge in [0.25, 0.3) is 0 Å². The maximum Gasteiger partial charge on any atom is 0.338 e. The van der Waals surface area contributed by atoms with Crippen molar-refractivity contribution in [3.05, 3.63) is 29.8 Å². The number of nitrogens with zero attached hydrogens (tertiary/aromatic N) is 1. The predicted molar refractivity (Wildman–Crippen MR) is 90.8 cm³/mol. The number of benzene rings is 1. The molecule has 0 aliphatic heterocycles. The van der Waals surface area contributed by atoms with E-state index < -0.39 is 16.0 Å². The second-order valence-corrected chi connectivity index (χ2v) is 8.30. The van der Waals surface area contributed by atoms with E-state index in [0.717, 1.165) is 0 Å². The molecule has 0 amide bonds. The molecule has 6 heteroatoms. The largest absolute Gasteiger partial charge is 0.462 e. The highest BCUT2D eigenvalue weighted by Crippen LogP contribution is 2.20. The maximum absolute atomic E-state index is 12.9. The van der Waals surface area contributed by atoms with E-state index in [0.29, 0.717) is 13.1 Å². The van der Waals surface area contributed by atoms with Crippen LogP contribution in [0.5, 0.6) is 0 Å². The van der Waals surface area contributed by atoms with Crippen molar-refractivity contribution in [2.45, 2.75) is 39.5 Å². The summed E-state index contributed by atoms with van der Waals surface area (Å²) in [6.45, 7) is 10.8. The van der Waals surface area contributed by atoms with Gasteiger partial charge in [-0.3, -0.25) is 0 Å². The molecule has 1 aromatic rings. The fourth-order valence-corrected chi connectivity index (χ4v) is 4.05. The lowest BCUT2D eigenvalue weighted by Gasteiger charge is -2.25. The molecule has 5 nitrogen and oxygen atoms in total. The maximum atomic E-state index is 12.9. The second-order valence-electron chi connectivity index (χ2n) is 6.36. The summed E-state index contributed by atoms with van der Waals surface area (Å²) in [5, 5.41) is 0. The molecule has 0 N–H and O–H groups in total. The van der Waals surface area contributed by atoms with Crippen molar-refractivity contribution < 1.29 is 17.9 Å². The fourth-order valence-electron chi connectivity index (χ4n) is 2.23. The Balaban J connectivity index is 3.18. The van der Waals surface area contributed by atoms with Crippen molar-refractivity contribution in [2.75, 3.05) is 19.7 Å². The van der Waals surface area contributed by atoms with Crippen molar-refractivity contribution in [2.24, 2.45) is 11.8 Å². The minimum atomic E-state index is -3.64. The summed E-state index contributed by atoms with van der Waals surface area (Å²) in [6.07, 6.45) is 0. The van der Waals surface area contributed by atoms with Crippen LogP contribution in [0.2, 0.25) is 0 Å². The zero-order chi connectivity index (χ0) is 17.6. The second kappa shape index (κ2) is 8.45. The van der Waals surface area contributed by atoms with Crippen molar-refractivity contribution >= 4 is 16.0 Å². The average Bonchev–Trinajstić information content (AvgIpc) is 2.46. The van der Waals surface area contributed by atoms with Gasteiger partial charge in [0.1, 0.15) is 0 Å². The van der Waals surface area contributed by atoms with Gasteiger partial charge in [-0.15, -0.1) is 0 Å². The van der Waals surface area contributed by atoms with Gasteiger partial charge in [0.05, 0.1) is 17.1 Å². The Morgan fingerprint density at radius 2 is 1.70 bits per heavy atom. The molecule has 1 rings (SSSR count). The Hall–Kier alpha value is -1.40. The molecule has 0 saturated carbocycles. The Morgan fingerprint density at radius 3 is 2.17 bits per heavy atom. The smallest absolute Gasteiger partial charge is 0.338 e. The summed E-state index contributed by atoms with van der Waals surface area (Å²) in [7, 11) is -3.64. The van der Waals surface area contributed by atoms with Gasteiger partial charge >= 0.3 is 5.97 Å². The third kappa shape index (κ3) is 5.62. The molecule has 0 fully saturated rings. The molecule has 0 bridgehead atoms. The van der Waals surface area contributed by atoms with E-state index in [-0.39, 0.29) is 28.9 Å². The zero-order valence-corrected chi connectivity index (χ0v) is 15.4. The monoisotopic (exact) mass is 341 g/mol. The molecule has 0 aromatic heterocycles. The summed E-state index contributed by atoms with van der Waals surface area (Å²) in [5.41, 5.74) is 0.252. The molecule has 130 valence electrons. The number of carbonyl (C=O) groups excluding carboxylic acids is 1. The molecule has 0 atom stereocenters. The van der Waals surface area contributed by atoms with E-state index in [1.54, 1.807) is 19.1 Å². The van der Waals surface area contributed by atoms with E-state index in [1.807, 2.05) is 27.7 Å². The standard InChI is InChI=1S/C17H27NO4S/c1-6-22-17(19)15-8-7-9-16(10-15)23(20,21)18(11-13(2)3)12-14(4)5/h7-10,13-14H,6,11-12H2,1-5H3. The number of hydrogen-bond acceptors (Lipinski definition) is 4. The predicted octanol–water partition coefficient (Wildman–Crippen LogP) is 3.17. The zero-order valence-electron chi connectivity index (χ0n) is 14.6. The minimum Gasteiger partial charge on any atom is -0.462 e. The van der Waals surface area contributed by atoms with Gasteiger partial charge < -0.3 is 4.74 Å². The number of carbonyl (C=O) groups is 1. The Kier molecular flexibility index (Phi) is 7.22. The lowest BCUT2D eigenvalue weighted by Crippen LogP contribution is -2.37. The highest BCUT2D eigenvalue weighted by atomic mass is 32.2. The molecule has 0 radical (unpaired) electrons. The third-order valence-electron chi connectivity index (χ3n) is 3.12. The quantitative estimate of drug-likeness (QED) is 0.681. The highest BCUT2D eigenvalue weighted by molar-refractivity contribution is 7.89. The molecule has 0 spiro atoms. The minimum absolute atomic E-state index is 0.129. The molecular formula is C17H27NO4S. The van der Waals surface area contributed by atoms with Gasteiger partial charge in [0.15, 0.2) is 0 Å². The first-order chi connectivity index (χ1) is 10.7. The van der Waals surface area contributed by atoms with Crippen molar-refractivity contribution in [1.29, 1.82) is 0 Å². The van der Waals surface area contributed by atoms with Gasteiger partial charge in [-0.25, -0.2) is 13.2 Å². The summed E-state index contributed by atoms with van der Waals surface area (Å²) >= 11 is 0. The van der Waals surface area contributed by atoms with Crippen LogP contribution in [0.4, 0.5) is 0 Å². The molecule has 0 saturated heterocycles. The van der Waals surface area contributed by atoms with Crippen LogP contribution in [-0.4, -0.2) is 38.4 Å². The topological polar surface area (TPSA) is 63.7 Å². The van der Waals surface area contributed by atoms with Crippen LogP contribution in [0.15, 0.2) is 29.2 Å². The first-order valence-electron chi connectivity index (χ1n) is 7.95. The summed E-state index contributed by atoms with van der Waals surface area (Å²) < 4.78 is 32.3. The number of sulfonamides is 1. The van der Waals surface area contributed by atoms with E-state index in [1.165, 1.54) is 16.4 Å². The average molecular weight is 341 g/mol. The molecule has 1 aromatic carbocycles. The molecule has 0 unspecified atom stereocenters. The fraction of sp³-hybridized carbons (Fsp3) is 0.588.